The van der Waals surface area contributed by atoms with Gasteiger partial charge in [0.2, 0.25) is 10.0 Å². The van der Waals surface area contributed by atoms with Crippen LogP contribution in [0, 0.1) is 0 Å². The Bertz CT molecular complexity index is 543. The minimum absolute atomic E-state index is 0. The summed E-state index contributed by atoms with van der Waals surface area (Å²) in [6.07, 6.45) is 0. The lowest BCUT2D eigenvalue weighted by Gasteiger charge is -2.14. The second-order valence-electron chi connectivity index (χ2n) is 3.46. The van der Waals surface area contributed by atoms with Gasteiger partial charge in [0, 0.05) is 4.47 Å². The third-order valence-electron chi connectivity index (χ3n) is 2.02. The van der Waals surface area contributed by atoms with E-state index in [9.17, 15) is 17.2 Å². The molecule has 0 spiro atoms. The smallest absolute Gasteiger partial charge is 0.273 e. The maximum absolute atomic E-state index is 12.9. The molecule has 1 rings (SSSR count). The van der Waals surface area contributed by atoms with Crippen molar-refractivity contribution in [3.05, 3.63) is 27.7 Å². The van der Waals surface area contributed by atoms with Crippen molar-refractivity contribution in [1.29, 1.82) is 0 Å². The Morgan fingerprint density at radius 1 is 1.42 bits per heavy atom. The summed E-state index contributed by atoms with van der Waals surface area (Å²) in [5, 5.41) is 0.321. The summed E-state index contributed by atoms with van der Waals surface area (Å²) in [4.78, 5) is -0.161. The van der Waals surface area contributed by atoms with Crippen LogP contribution in [0.2, 0.25) is 5.02 Å². The summed E-state index contributed by atoms with van der Waals surface area (Å²) in [5.41, 5.74) is 4.81. The number of nitrogens with one attached hydrogen (secondary N) is 1. The number of nitrogens with two attached hydrogens (primary N) is 1. The molecule has 0 saturated heterocycles. The Hall–Kier alpha value is 0.01000. The van der Waals surface area contributed by atoms with E-state index in [0.29, 0.717) is 9.50 Å². The van der Waals surface area contributed by atoms with E-state index in [0.717, 1.165) is 0 Å². The summed E-state index contributed by atoms with van der Waals surface area (Å²) in [5.74, 6) is -3.28. The molecule has 0 aliphatic heterocycles. The number of alkyl halides is 2. The summed E-state index contributed by atoms with van der Waals surface area (Å²) in [7, 11) is -4.02. The minimum Gasteiger partial charge on any atom is -0.325 e. The summed E-state index contributed by atoms with van der Waals surface area (Å²) in [6.45, 7) is -1.98. The van der Waals surface area contributed by atoms with E-state index in [2.05, 4.69) is 15.9 Å². The fraction of sp³-hybridized carbons (Fsp3) is 0.333. The van der Waals surface area contributed by atoms with E-state index in [4.69, 9.17) is 17.3 Å². The zero-order valence-corrected chi connectivity index (χ0v) is 13.3. The molecule has 0 aliphatic rings. The first kappa shape index (κ1) is 19.0. The molecule has 0 fully saturated rings. The van der Waals surface area contributed by atoms with E-state index < -0.39 is 29.0 Å². The number of sulfonamides is 1. The monoisotopic (exact) mass is 398 g/mol. The Morgan fingerprint density at radius 3 is 2.47 bits per heavy atom. The second-order valence-corrected chi connectivity index (χ2v) is 6.49. The van der Waals surface area contributed by atoms with Crippen molar-refractivity contribution in [2.45, 2.75) is 10.8 Å². The van der Waals surface area contributed by atoms with Gasteiger partial charge in [-0.3, -0.25) is 0 Å². The maximum atomic E-state index is 12.9. The van der Waals surface area contributed by atoms with Crippen LogP contribution in [0.1, 0.15) is 0 Å². The lowest BCUT2D eigenvalue weighted by molar-refractivity contribution is 0.0170. The Kier molecular flexibility index (Phi) is 7.15. The average molecular weight is 400 g/mol. The highest BCUT2D eigenvalue weighted by atomic mass is 79.9. The zero-order chi connectivity index (χ0) is 14.0. The molecule has 1 aromatic carbocycles. The van der Waals surface area contributed by atoms with Crippen LogP contribution in [-0.2, 0) is 10.0 Å². The number of benzene rings is 1. The van der Waals surface area contributed by atoms with Gasteiger partial charge in [-0.1, -0.05) is 11.6 Å². The van der Waals surface area contributed by atoms with Crippen LogP contribution in [0.5, 0.6) is 0 Å². The van der Waals surface area contributed by atoms with E-state index in [1.807, 2.05) is 0 Å². The Labute approximate surface area is 129 Å². The number of hydrogen-bond donors (Lipinski definition) is 2. The topological polar surface area (TPSA) is 72.2 Å². The van der Waals surface area contributed by atoms with Crippen LogP contribution < -0.4 is 10.5 Å². The van der Waals surface area contributed by atoms with Crippen molar-refractivity contribution in [3.8, 4) is 0 Å². The maximum Gasteiger partial charge on any atom is 0.273 e. The SMILES string of the molecule is Cl.NCC(F)(F)CNS(=O)(=O)c1ccc(Cl)c(Br)c1. The summed E-state index contributed by atoms with van der Waals surface area (Å²) in [6, 6.07) is 3.79. The van der Waals surface area contributed by atoms with Gasteiger partial charge in [-0.15, -0.1) is 12.4 Å². The highest BCUT2D eigenvalue weighted by molar-refractivity contribution is 9.10. The molecular formula is C9H11BrCl2F2N2O2S. The lowest BCUT2D eigenvalue weighted by Crippen LogP contribution is -2.41. The molecule has 1 aromatic rings. The fourth-order valence-corrected chi connectivity index (χ4v) is 2.74. The third-order valence-corrected chi connectivity index (χ3v) is 4.63. The van der Waals surface area contributed by atoms with Gasteiger partial charge < -0.3 is 5.73 Å². The molecule has 0 saturated carbocycles. The van der Waals surface area contributed by atoms with Gasteiger partial charge in [0.15, 0.2) is 0 Å². The van der Waals surface area contributed by atoms with Crippen molar-refractivity contribution in [1.82, 2.24) is 4.72 Å². The second kappa shape index (κ2) is 7.14. The van der Waals surface area contributed by atoms with Crippen molar-refractivity contribution >= 4 is 50.0 Å². The van der Waals surface area contributed by atoms with Crippen LogP contribution in [0.3, 0.4) is 0 Å². The first-order valence-electron chi connectivity index (χ1n) is 4.70. The Balaban J connectivity index is 0.00000324. The largest absolute Gasteiger partial charge is 0.325 e. The molecule has 110 valence electrons. The fourth-order valence-electron chi connectivity index (χ4n) is 1.00. The first-order valence-corrected chi connectivity index (χ1v) is 7.36. The van der Waals surface area contributed by atoms with Gasteiger partial charge in [-0.25, -0.2) is 21.9 Å². The highest BCUT2D eigenvalue weighted by Crippen LogP contribution is 2.25. The van der Waals surface area contributed by atoms with Gasteiger partial charge >= 0.3 is 0 Å². The van der Waals surface area contributed by atoms with Crippen molar-refractivity contribution < 1.29 is 17.2 Å². The van der Waals surface area contributed by atoms with Crippen LogP contribution in [0.15, 0.2) is 27.6 Å². The molecule has 3 N–H and O–H groups in total. The standard InChI is InChI=1S/C9H10BrClF2N2O2S.ClH/c10-7-3-6(1-2-8(7)11)18(16,17)15-5-9(12,13)4-14;/h1-3,15H,4-5,14H2;1H. The van der Waals surface area contributed by atoms with E-state index >= 15 is 0 Å². The highest BCUT2D eigenvalue weighted by Gasteiger charge is 2.29. The summed E-state index contributed by atoms with van der Waals surface area (Å²) < 4.78 is 51.3. The molecule has 0 heterocycles. The molecule has 0 amide bonds. The number of hydrogen-bond acceptors (Lipinski definition) is 3. The van der Waals surface area contributed by atoms with Gasteiger partial charge in [-0.05, 0) is 34.1 Å². The predicted octanol–water partition coefficient (Wildman–Crippen LogP) is 2.40. The molecule has 0 radical (unpaired) electrons. The van der Waals surface area contributed by atoms with Crippen LogP contribution >= 0.6 is 39.9 Å². The summed E-state index contributed by atoms with van der Waals surface area (Å²) >= 11 is 8.75. The van der Waals surface area contributed by atoms with Crippen molar-refractivity contribution in [3.63, 3.8) is 0 Å². The zero-order valence-electron chi connectivity index (χ0n) is 9.37. The molecule has 4 nitrogen and oxygen atoms in total. The number of rotatable bonds is 5. The molecule has 0 aliphatic carbocycles. The van der Waals surface area contributed by atoms with E-state index in [1.165, 1.54) is 18.2 Å². The van der Waals surface area contributed by atoms with Crippen molar-refractivity contribution in [2.75, 3.05) is 13.1 Å². The first-order chi connectivity index (χ1) is 8.18. The third kappa shape index (κ3) is 5.49. The molecule has 0 unspecified atom stereocenters. The van der Waals surface area contributed by atoms with Gasteiger partial charge in [-0.2, -0.15) is 0 Å². The van der Waals surface area contributed by atoms with E-state index in [1.54, 1.807) is 4.72 Å². The van der Waals surface area contributed by atoms with Gasteiger partial charge in [0.05, 0.1) is 23.0 Å². The average Bonchev–Trinajstić information content (AvgIpc) is 2.30. The molecule has 19 heavy (non-hydrogen) atoms. The molecule has 0 aromatic heterocycles. The van der Waals surface area contributed by atoms with Crippen LogP contribution in [-0.4, -0.2) is 27.4 Å². The lowest BCUT2D eigenvalue weighted by atomic mass is 10.3. The minimum atomic E-state index is -4.02. The van der Waals surface area contributed by atoms with E-state index in [-0.39, 0.29) is 17.3 Å². The molecule has 0 atom stereocenters. The van der Waals surface area contributed by atoms with Crippen LogP contribution in [0.4, 0.5) is 8.78 Å². The molecular weight excluding hydrogens is 389 g/mol. The van der Waals surface area contributed by atoms with Gasteiger partial charge in [0.25, 0.3) is 5.92 Å². The van der Waals surface area contributed by atoms with Crippen LogP contribution in [0.25, 0.3) is 0 Å². The number of halogens is 5. The predicted molar refractivity (Wildman–Crippen MR) is 75.6 cm³/mol. The Morgan fingerprint density at radius 2 is 2.00 bits per heavy atom. The van der Waals surface area contributed by atoms with Crippen molar-refractivity contribution in [2.24, 2.45) is 5.73 Å². The molecule has 0 bridgehead atoms. The molecule has 10 heteroatoms. The quantitative estimate of drug-likeness (QED) is 0.798. The van der Waals surface area contributed by atoms with Gasteiger partial charge in [0.1, 0.15) is 0 Å². The normalized spacial score (nSPS) is 12.1.